The molecule has 2 aromatic carbocycles. The van der Waals surface area contributed by atoms with Crippen molar-refractivity contribution in [3.8, 4) is 0 Å². The minimum Gasteiger partial charge on any atom is -0.344 e. The maximum absolute atomic E-state index is 14.1. The first-order valence-electron chi connectivity index (χ1n) is 15.6. The molecular formula is C33H44N4O6S. The fraction of sp³-hybridized carbons (Fsp3) is 0.545. The summed E-state index contributed by atoms with van der Waals surface area (Å²) < 4.78 is 34.4. The predicted octanol–water partition coefficient (Wildman–Crippen LogP) is 3.07. The minimum atomic E-state index is -4.51. The second-order valence-corrected chi connectivity index (χ2v) is 14.8. The van der Waals surface area contributed by atoms with Crippen LogP contribution in [0.5, 0.6) is 0 Å². The maximum atomic E-state index is 14.1. The average Bonchev–Trinajstić information content (AvgIpc) is 3.23. The van der Waals surface area contributed by atoms with E-state index in [0.717, 1.165) is 16.8 Å². The van der Waals surface area contributed by atoms with Gasteiger partial charge in [0, 0.05) is 31.4 Å². The van der Waals surface area contributed by atoms with E-state index in [1.54, 1.807) is 4.90 Å². The number of hydrogen-bond donors (Lipinski definition) is 3. The van der Waals surface area contributed by atoms with Gasteiger partial charge in [-0.2, -0.15) is 8.42 Å². The lowest BCUT2D eigenvalue weighted by Crippen LogP contribution is -2.61. The lowest BCUT2D eigenvalue weighted by molar-refractivity contribution is -0.141. The Morgan fingerprint density at radius 2 is 1.73 bits per heavy atom. The van der Waals surface area contributed by atoms with Gasteiger partial charge in [0.25, 0.3) is 10.1 Å². The lowest BCUT2D eigenvalue weighted by Gasteiger charge is -2.41. The number of nitrogens with zero attached hydrogens (tertiary/aromatic N) is 2. The summed E-state index contributed by atoms with van der Waals surface area (Å²) in [6, 6.07) is 16.7. The smallest absolute Gasteiger partial charge is 0.268 e. The summed E-state index contributed by atoms with van der Waals surface area (Å²) in [5, 5.41) is 4.71. The molecule has 10 nitrogen and oxygen atoms in total. The molecule has 2 aromatic rings. The van der Waals surface area contributed by atoms with Crippen molar-refractivity contribution in [2.24, 2.45) is 5.41 Å². The van der Waals surface area contributed by atoms with Crippen molar-refractivity contribution in [1.82, 2.24) is 15.5 Å². The van der Waals surface area contributed by atoms with E-state index in [4.69, 9.17) is 0 Å². The van der Waals surface area contributed by atoms with E-state index < -0.39 is 38.1 Å². The van der Waals surface area contributed by atoms with Crippen LogP contribution in [0.3, 0.4) is 0 Å². The molecule has 2 fully saturated rings. The number of nitrogens with one attached hydrogen (secondary N) is 2. The first kappa shape index (κ1) is 32.1. The van der Waals surface area contributed by atoms with Gasteiger partial charge in [-0.25, -0.2) is 0 Å². The van der Waals surface area contributed by atoms with E-state index in [-0.39, 0.29) is 30.8 Å². The molecular weight excluding hydrogens is 580 g/mol. The fourth-order valence-corrected chi connectivity index (χ4v) is 8.00. The summed E-state index contributed by atoms with van der Waals surface area (Å²) in [5.41, 5.74) is 0.949. The molecule has 0 radical (unpaired) electrons. The Morgan fingerprint density at radius 3 is 2.36 bits per heavy atom. The summed E-state index contributed by atoms with van der Waals surface area (Å²) in [6.07, 6.45) is 2.94. The van der Waals surface area contributed by atoms with E-state index in [1.807, 2.05) is 73.3 Å². The van der Waals surface area contributed by atoms with Crippen molar-refractivity contribution in [3.05, 3.63) is 65.7 Å². The Balaban J connectivity index is 1.33. The van der Waals surface area contributed by atoms with Crippen molar-refractivity contribution >= 4 is 33.5 Å². The molecule has 5 rings (SSSR count). The number of hydrogen-bond acceptors (Lipinski definition) is 6. The number of likely N-dealkylation sites (tertiary alicyclic amines) is 1. The zero-order valence-corrected chi connectivity index (χ0v) is 26.6. The zero-order chi connectivity index (χ0) is 31.7. The topological polar surface area (TPSA) is 136 Å². The highest BCUT2D eigenvalue weighted by atomic mass is 32.2. The second-order valence-electron chi connectivity index (χ2n) is 13.0. The molecule has 3 heterocycles. The molecule has 1 unspecified atom stereocenters. The summed E-state index contributed by atoms with van der Waals surface area (Å²) in [6.45, 7) is 6.84. The molecule has 11 heteroatoms. The normalized spacial score (nSPS) is 23.6. The third kappa shape index (κ3) is 6.14. The number of aryl methyl sites for hydroxylation is 1. The van der Waals surface area contributed by atoms with E-state index in [2.05, 4.69) is 10.6 Å². The molecule has 0 aromatic heterocycles. The van der Waals surface area contributed by atoms with Gasteiger partial charge in [0.1, 0.15) is 6.04 Å². The molecule has 2 saturated heterocycles. The number of benzene rings is 2. The Bertz CT molecular complexity index is 1480. The molecule has 0 saturated carbocycles. The number of carbonyl (C=O) groups is 3. The van der Waals surface area contributed by atoms with Crippen LogP contribution in [0.25, 0.3) is 0 Å². The fourth-order valence-electron chi connectivity index (χ4n) is 7.12. The Labute approximate surface area is 260 Å². The van der Waals surface area contributed by atoms with Crippen molar-refractivity contribution in [2.75, 3.05) is 31.1 Å². The van der Waals surface area contributed by atoms with E-state index >= 15 is 0 Å². The summed E-state index contributed by atoms with van der Waals surface area (Å²) >= 11 is 0. The second kappa shape index (κ2) is 12.6. The quantitative estimate of drug-likeness (QED) is 0.365. The molecule has 3 aliphatic heterocycles. The SMILES string of the molecule is CC([C@]1(C(=O)N[C@@H](CCc2ccccc2)C(=O)N2CCC(N3C(=O)C(C)(C)c4ccccc43)CC2)CCCNC1)S(=O)(=O)O. The van der Waals surface area contributed by atoms with Gasteiger partial charge < -0.3 is 20.4 Å². The molecule has 44 heavy (non-hydrogen) atoms. The Morgan fingerprint density at radius 1 is 1.07 bits per heavy atom. The van der Waals surface area contributed by atoms with Crippen molar-refractivity contribution in [3.63, 3.8) is 0 Å². The van der Waals surface area contributed by atoms with Crippen LogP contribution in [0.15, 0.2) is 54.6 Å². The average molecular weight is 625 g/mol. The van der Waals surface area contributed by atoms with Gasteiger partial charge >= 0.3 is 0 Å². The van der Waals surface area contributed by atoms with E-state index in [0.29, 0.717) is 51.7 Å². The third-order valence-electron chi connectivity index (χ3n) is 9.99. The predicted molar refractivity (Wildman–Crippen MR) is 169 cm³/mol. The van der Waals surface area contributed by atoms with Crippen molar-refractivity contribution < 1.29 is 27.4 Å². The van der Waals surface area contributed by atoms with E-state index in [1.165, 1.54) is 6.92 Å². The first-order chi connectivity index (χ1) is 20.9. The van der Waals surface area contributed by atoms with Crippen LogP contribution < -0.4 is 15.5 Å². The molecule has 3 aliphatic rings. The van der Waals surface area contributed by atoms with Crippen LogP contribution in [0.4, 0.5) is 5.69 Å². The molecule has 3 amide bonds. The van der Waals surface area contributed by atoms with Gasteiger partial charge in [0.2, 0.25) is 17.7 Å². The zero-order valence-electron chi connectivity index (χ0n) is 25.8. The van der Waals surface area contributed by atoms with Gasteiger partial charge in [0.05, 0.1) is 16.1 Å². The number of rotatable bonds is 9. The van der Waals surface area contributed by atoms with Crippen molar-refractivity contribution in [1.29, 1.82) is 0 Å². The van der Waals surface area contributed by atoms with Gasteiger partial charge in [-0.15, -0.1) is 0 Å². The number of amides is 3. The van der Waals surface area contributed by atoms with Crippen LogP contribution in [-0.2, 0) is 36.3 Å². The summed E-state index contributed by atoms with van der Waals surface area (Å²) in [4.78, 5) is 45.1. The van der Waals surface area contributed by atoms with Gasteiger partial charge in [-0.1, -0.05) is 48.5 Å². The molecule has 0 bridgehead atoms. The highest BCUT2D eigenvalue weighted by Crippen LogP contribution is 2.43. The molecule has 0 aliphatic carbocycles. The maximum Gasteiger partial charge on any atom is 0.268 e. The van der Waals surface area contributed by atoms with E-state index in [9.17, 15) is 27.4 Å². The molecule has 0 spiro atoms. The number of piperidine rings is 2. The number of fused-ring (bicyclic) bond motifs is 1. The lowest BCUT2D eigenvalue weighted by atomic mass is 9.76. The minimum absolute atomic E-state index is 0.0426. The largest absolute Gasteiger partial charge is 0.344 e. The molecule has 3 N–H and O–H groups in total. The molecule has 3 atom stereocenters. The Kier molecular flexibility index (Phi) is 9.21. The van der Waals surface area contributed by atoms with Crippen LogP contribution in [0.1, 0.15) is 64.0 Å². The monoisotopic (exact) mass is 624 g/mol. The van der Waals surface area contributed by atoms with Crippen LogP contribution in [0, 0.1) is 5.41 Å². The summed E-state index contributed by atoms with van der Waals surface area (Å²) in [5.74, 6) is -0.701. The highest BCUT2D eigenvalue weighted by molar-refractivity contribution is 7.86. The van der Waals surface area contributed by atoms with Crippen LogP contribution >= 0.6 is 0 Å². The van der Waals surface area contributed by atoms with Gasteiger partial charge in [0.15, 0.2) is 0 Å². The van der Waals surface area contributed by atoms with Gasteiger partial charge in [-0.05, 0) is 83.0 Å². The highest BCUT2D eigenvalue weighted by Gasteiger charge is 2.51. The Hall–Kier alpha value is -3.28. The van der Waals surface area contributed by atoms with Gasteiger partial charge in [-0.3, -0.25) is 18.9 Å². The third-order valence-corrected chi connectivity index (χ3v) is 11.3. The van der Waals surface area contributed by atoms with Crippen LogP contribution in [-0.4, -0.2) is 79.1 Å². The number of carbonyl (C=O) groups excluding carboxylic acids is 3. The first-order valence-corrected chi connectivity index (χ1v) is 17.1. The molecule has 238 valence electrons. The number of anilines is 1. The van der Waals surface area contributed by atoms with Crippen molar-refractivity contribution in [2.45, 2.75) is 82.0 Å². The summed E-state index contributed by atoms with van der Waals surface area (Å²) in [7, 11) is -4.51. The standard InChI is InChI=1S/C33H44N4O6S/c1-23(44(41,42)43)33(18-9-19-34-22-33)30(39)35-27(15-14-24-10-5-4-6-11-24)29(38)36-20-16-25(17-21-36)37-28-13-8-7-12-26(28)32(2,3)31(37)40/h4-8,10-13,23,25,27,34H,9,14-22H2,1-3H3,(H,35,39)(H,41,42,43)/t23?,27-,33-/m0/s1. The van der Waals surface area contributed by atoms with Crippen LogP contribution in [0.2, 0.25) is 0 Å². The number of para-hydroxylation sites is 1.